The Morgan fingerprint density at radius 2 is 1.86 bits per heavy atom. The molecule has 8 heteroatoms. The molecule has 1 amide bonds. The zero-order valence-corrected chi connectivity index (χ0v) is 20.9. The average molecular weight is 519 g/mol. The minimum atomic E-state index is -0.306. The molecule has 0 aliphatic carbocycles. The van der Waals surface area contributed by atoms with Gasteiger partial charge in [0.2, 0.25) is 11.8 Å². The molecule has 0 spiro atoms. The number of nitrogens with one attached hydrogen (secondary N) is 1. The van der Waals surface area contributed by atoms with Crippen molar-refractivity contribution in [2.75, 3.05) is 12.4 Å². The number of carbonyl (C=O) groups is 1. The number of halogens is 2. The highest BCUT2D eigenvalue weighted by molar-refractivity contribution is 6.36. The van der Waals surface area contributed by atoms with E-state index in [1.165, 1.54) is 6.08 Å². The van der Waals surface area contributed by atoms with E-state index in [0.717, 1.165) is 16.7 Å². The minimum absolute atomic E-state index is 0.306. The molecule has 0 radical (unpaired) electrons. The zero-order valence-electron chi connectivity index (χ0n) is 19.3. The topological polar surface area (TPSA) is 77.5 Å². The van der Waals surface area contributed by atoms with Gasteiger partial charge in [0, 0.05) is 34.0 Å². The quantitative estimate of drug-likeness (QED) is 0.230. The number of fused-ring (bicyclic) bond motifs is 1. The maximum Gasteiger partial charge on any atom is 0.248 e. The Balaban J connectivity index is 1.32. The van der Waals surface area contributed by atoms with E-state index in [0.29, 0.717) is 50.0 Å². The van der Waals surface area contributed by atoms with Crippen molar-refractivity contribution in [1.82, 2.24) is 4.98 Å². The molecule has 0 saturated heterocycles. The Labute approximate surface area is 217 Å². The van der Waals surface area contributed by atoms with E-state index in [4.69, 9.17) is 36.8 Å². The molecule has 180 valence electrons. The molecule has 0 bridgehead atoms. The maximum absolute atomic E-state index is 12.6. The summed E-state index contributed by atoms with van der Waals surface area (Å²) in [5.74, 6) is 1.94. The molecule has 0 aliphatic rings. The van der Waals surface area contributed by atoms with Gasteiger partial charge in [-0.05, 0) is 73.2 Å². The number of carbonyl (C=O) groups excluding carboxylic acids is 1. The van der Waals surface area contributed by atoms with Gasteiger partial charge in [-0.3, -0.25) is 4.79 Å². The first-order chi connectivity index (χ1) is 17.4. The third-order valence-corrected chi connectivity index (χ3v) is 6.11. The molecule has 0 unspecified atom stereocenters. The summed E-state index contributed by atoms with van der Waals surface area (Å²) in [6, 6.07) is 19.8. The van der Waals surface area contributed by atoms with Gasteiger partial charge in [-0.25, -0.2) is 4.98 Å². The second-order valence-corrected chi connectivity index (χ2v) is 8.87. The Morgan fingerprint density at radius 3 is 2.67 bits per heavy atom. The number of rotatable bonds is 6. The highest BCUT2D eigenvalue weighted by atomic mass is 35.5. The molecular formula is C28H20Cl2N2O4. The molecule has 0 aliphatic heterocycles. The Kier molecular flexibility index (Phi) is 6.55. The number of aryl methyl sites for hydroxylation is 1. The molecule has 3 aromatic carbocycles. The molecule has 5 rings (SSSR count). The molecule has 1 N–H and O–H groups in total. The molecule has 0 atom stereocenters. The molecule has 36 heavy (non-hydrogen) atoms. The highest BCUT2D eigenvalue weighted by Gasteiger charge is 2.12. The fraction of sp³-hybridized carbons (Fsp3) is 0.0714. The number of hydrogen-bond donors (Lipinski definition) is 1. The molecule has 0 fully saturated rings. The van der Waals surface area contributed by atoms with Crippen LogP contribution < -0.4 is 10.1 Å². The van der Waals surface area contributed by atoms with Crippen LogP contribution in [0.15, 0.2) is 81.6 Å². The van der Waals surface area contributed by atoms with Crippen LogP contribution in [0.4, 0.5) is 5.69 Å². The van der Waals surface area contributed by atoms with Gasteiger partial charge >= 0.3 is 0 Å². The fourth-order valence-corrected chi connectivity index (χ4v) is 4.16. The first kappa shape index (κ1) is 23.7. The van der Waals surface area contributed by atoms with Crippen LogP contribution >= 0.6 is 23.2 Å². The number of oxazole rings is 1. The van der Waals surface area contributed by atoms with Gasteiger partial charge in [-0.2, -0.15) is 0 Å². The van der Waals surface area contributed by atoms with Crippen molar-refractivity contribution in [2.24, 2.45) is 0 Å². The summed E-state index contributed by atoms with van der Waals surface area (Å²) in [6.45, 7) is 1.91. The van der Waals surface area contributed by atoms with Crippen molar-refractivity contribution in [3.05, 3.63) is 94.2 Å². The van der Waals surface area contributed by atoms with Crippen LogP contribution in [0.5, 0.6) is 5.75 Å². The van der Waals surface area contributed by atoms with E-state index in [1.54, 1.807) is 43.5 Å². The number of amides is 1. The standard InChI is InChI=1S/C28H20Cl2N2O4/c1-16-3-4-17(28-32-24-15-20(34-2)7-11-26(24)36-28)13-23(16)31-27(33)12-8-19-6-10-25(35-19)21-9-5-18(29)14-22(21)30/h3-15H,1-2H3,(H,31,33). The van der Waals surface area contributed by atoms with Crippen LogP contribution in [0.3, 0.4) is 0 Å². The van der Waals surface area contributed by atoms with E-state index in [-0.39, 0.29) is 5.91 Å². The van der Waals surface area contributed by atoms with E-state index in [9.17, 15) is 4.79 Å². The first-order valence-corrected chi connectivity index (χ1v) is 11.7. The monoisotopic (exact) mass is 518 g/mol. The summed E-state index contributed by atoms with van der Waals surface area (Å²) >= 11 is 12.2. The smallest absolute Gasteiger partial charge is 0.248 e. The number of methoxy groups -OCH3 is 1. The number of aromatic nitrogens is 1. The Hall–Kier alpha value is -4.00. The highest BCUT2D eigenvalue weighted by Crippen LogP contribution is 2.32. The molecule has 2 heterocycles. The summed E-state index contributed by atoms with van der Waals surface area (Å²) in [4.78, 5) is 17.2. The first-order valence-electron chi connectivity index (χ1n) is 11.0. The lowest BCUT2D eigenvalue weighted by atomic mass is 10.1. The summed E-state index contributed by atoms with van der Waals surface area (Å²) in [5.41, 5.74) is 4.35. The van der Waals surface area contributed by atoms with Crippen LogP contribution in [0.25, 0.3) is 40.0 Å². The predicted octanol–water partition coefficient (Wildman–Crippen LogP) is 8.03. The summed E-state index contributed by atoms with van der Waals surface area (Å²) in [6.07, 6.45) is 3.00. The van der Waals surface area contributed by atoms with Crippen LogP contribution in [0.2, 0.25) is 10.0 Å². The molecule has 5 aromatic rings. The van der Waals surface area contributed by atoms with Crippen molar-refractivity contribution >= 4 is 52.0 Å². The van der Waals surface area contributed by atoms with Gasteiger partial charge in [0.05, 0.1) is 12.1 Å². The fourth-order valence-electron chi connectivity index (χ4n) is 3.66. The van der Waals surface area contributed by atoms with Gasteiger partial charge in [0.15, 0.2) is 5.58 Å². The lowest BCUT2D eigenvalue weighted by molar-refractivity contribution is -0.111. The number of ether oxygens (including phenoxy) is 1. The molecule has 6 nitrogen and oxygen atoms in total. The summed E-state index contributed by atoms with van der Waals surface area (Å²) in [7, 11) is 1.60. The number of benzene rings is 3. The van der Waals surface area contributed by atoms with Crippen LogP contribution in [0.1, 0.15) is 11.3 Å². The van der Waals surface area contributed by atoms with Gasteiger partial charge < -0.3 is 18.9 Å². The third-order valence-electron chi connectivity index (χ3n) is 5.56. The molecular weight excluding hydrogens is 499 g/mol. The van der Waals surface area contributed by atoms with Gasteiger partial charge in [0.1, 0.15) is 22.8 Å². The van der Waals surface area contributed by atoms with E-state index in [2.05, 4.69) is 10.3 Å². The lowest BCUT2D eigenvalue weighted by Gasteiger charge is -2.07. The number of nitrogens with zero attached hydrogens (tertiary/aromatic N) is 1. The largest absolute Gasteiger partial charge is 0.497 e. The van der Waals surface area contributed by atoms with Crippen molar-refractivity contribution < 1.29 is 18.4 Å². The van der Waals surface area contributed by atoms with Gasteiger partial charge in [0.25, 0.3) is 0 Å². The summed E-state index contributed by atoms with van der Waals surface area (Å²) < 4.78 is 17.0. The minimum Gasteiger partial charge on any atom is -0.497 e. The van der Waals surface area contributed by atoms with Crippen molar-refractivity contribution in [2.45, 2.75) is 6.92 Å². The molecule has 0 saturated carbocycles. The van der Waals surface area contributed by atoms with Gasteiger partial charge in [-0.1, -0.05) is 29.3 Å². The number of furan rings is 1. The van der Waals surface area contributed by atoms with Crippen molar-refractivity contribution in [3.63, 3.8) is 0 Å². The summed E-state index contributed by atoms with van der Waals surface area (Å²) in [5, 5.41) is 3.93. The van der Waals surface area contributed by atoms with Crippen molar-refractivity contribution in [1.29, 1.82) is 0 Å². The van der Waals surface area contributed by atoms with Crippen molar-refractivity contribution in [3.8, 4) is 28.5 Å². The molecule has 2 aromatic heterocycles. The number of anilines is 1. The maximum atomic E-state index is 12.6. The van der Waals surface area contributed by atoms with Crippen LogP contribution in [0, 0.1) is 6.92 Å². The SMILES string of the molecule is COc1ccc2oc(-c3ccc(C)c(NC(=O)C=Cc4ccc(-c5ccc(Cl)cc5Cl)o4)c3)nc2c1. The van der Waals surface area contributed by atoms with Crippen LogP contribution in [-0.4, -0.2) is 18.0 Å². The van der Waals surface area contributed by atoms with E-state index >= 15 is 0 Å². The second kappa shape index (κ2) is 9.93. The second-order valence-electron chi connectivity index (χ2n) is 8.03. The van der Waals surface area contributed by atoms with Crippen LogP contribution in [-0.2, 0) is 4.79 Å². The van der Waals surface area contributed by atoms with Gasteiger partial charge in [-0.15, -0.1) is 0 Å². The van der Waals surface area contributed by atoms with E-state index < -0.39 is 0 Å². The Morgan fingerprint density at radius 1 is 1.00 bits per heavy atom. The zero-order chi connectivity index (χ0) is 25.2. The average Bonchev–Trinajstić information content (AvgIpc) is 3.51. The Bertz CT molecular complexity index is 1620. The lowest BCUT2D eigenvalue weighted by Crippen LogP contribution is -2.09. The van der Waals surface area contributed by atoms with E-state index in [1.807, 2.05) is 43.3 Å². The number of hydrogen-bond acceptors (Lipinski definition) is 5. The normalized spacial score (nSPS) is 11.3. The predicted molar refractivity (Wildman–Crippen MR) is 143 cm³/mol. The third kappa shape index (κ3) is 5.00.